The first kappa shape index (κ1) is 12.6. The summed E-state index contributed by atoms with van der Waals surface area (Å²) in [7, 11) is 0. The summed E-state index contributed by atoms with van der Waals surface area (Å²) in [5.41, 5.74) is 1.31. The minimum absolute atomic E-state index is 0.0156. The van der Waals surface area contributed by atoms with E-state index in [1.165, 1.54) is 0 Å². The topological polar surface area (TPSA) is 71.7 Å². The molecule has 0 N–H and O–H groups in total. The zero-order chi connectivity index (χ0) is 13.1. The van der Waals surface area contributed by atoms with Gasteiger partial charge in [0.1, 0.15) is 5.75 Å². The van der Waals surface area contributed by atoms with Crippen molar-refractivity contribution >= 4 is 23.2 Å². The molecule has 2 aromatic rings. The van der Waals surface area contributed by atoms with Crippen LogP contribution in [0.3, 0.4) is 0 Å². The summed E-state index contributed by atoms with van der Waals surface area (Å²) in [5.74, 6) is 0.465. The molecule has 0 fully saturated rings. The molecule has 7 heteroatoms. The number of hydrogen-bond donors (Lipinski definition) is 0. The number of halogens is 2. The molecule has 2 rings (SSSR count). The van der Waals surface area contributed by atoms with Gasteiger partial charge in [0.15, 0.2) is 0 Å². The molecular formula is C11H6Cl2N4O. The quantitative estimate of drug-likeness (QED) is 0.845. The Morgan fingerprint density at radius 3 is 2.44 bits per heavy atom. The molecular weight excluding hydrogens is 275 g/mol. The van der Waals surface area contributed by atoms with E-state index in [2.05, 4.69) is 15.0 Å². The Bertz CT molecular complexity index is 619. The number of hydrogen-bond acceptors (Lipinski definition) is 5. The third-order valence-electron chi connectivity index (χ3n) is 2.08. The van der Waals surface area contributed by atoms with Crippen molar-refractivity contribution in [2.75, 3.05) is 0 Å². The van der Waals surface area contributed by atoms with E-state index in [1.807, 2.05) is 13.0 Å². The molecule has 5 nitrogen and oxygen atoms in total. The second kappa shape index (κ2) is 5.17. The maximum Gasteiger partial charge on any atom is 0.327 e. The Morgan fingerprint density at radius 2 is 1.83 bits per heavy atom. The Hall–Kier alpha value is -1.90. The van der Waals surface area contributed by atoms with Crippen LogP contribution in [0.2, 0.25) is 10.6 Å². The summed E-state index contributed by atoms with van der Waals surface area (Å²) < 4.78 is 5.43. The van der Waals surface area contributed by atoms with Crippen LogP contribution >= 0.6 is 23.2 Å². The fraction of sp³-hybridized carbons (Fsp3) is 0.0909. The van der Waals surface area contributed by atoms with Gasteiger partial charge in [0.05, 0.1) is 11.6 Å². The largest absolute Gasteiger partial charge is 0.424 e. The van der Waals surface area contributed by atoms with Crippen molar-refractivity contribution < 1.29 is 4.74 Å². The van der Waals surface area contributed by atoms with Crippen LogP contribution < -0.4 is 4.74 Å². The van der Waals surface area contributed by atoms with Gasteiger partial charge in [-0.1, -0.05) is 6.07 Å². The molecule has 0 bridgehead atoms. The SMILES string of the molecule is Cc1ccc(C#N)cc1Oc1nc(Cl)nc(Cl)n1. The molecule has 0 radical (unpaired) electrons. The summed E-state index contributed by atoms with van der Waals surface area (Å²) in [6.07, 6.45) is 0. The van der Waals surface area contributed by atoms with E-state index in [4.69, 9.17) is 33.2 Å². The van der Waals surface area contributed by atoms with Crippen LogP contribution in [0.25, 0.3) is 0 Å². The summed E-state index contributed by atoms with van der Waals surface area (Å²) in [4.78, 5) is 11.2. The van der Waals surface area contributed by atoms with Crippen molar-refractivity contribution in [1.29, 1.82) is 5.26 Å². The first-order valence-electron chi connectivity index (χ1n) is 4.84. The van der Waals surface area contributed by atoms with Crippen molar-refractivity contribution in [3.63, 3.8) is 0 Å². The molecule has 18 heavy (non-hydrogen) atoms. The van der Waals surface area contributed by atoms with E-state index in [0.717, 1.165) is 5.56 Å². The van der Waals surface area contributed by atoms with Crippen molar-refractivity contribution in [3.05, 3.63) is 39.9 Å². The summed E-state index contributed by atoms with van der Waals surface area (Å²) in [5, 5.41) is 8.71. The van der Waals surface area contributed by atoms with E-state index in [0.29, 0.717) is 11.3 Å². The van der Waals surface area contributed by atoms with E-state index in [9.17, 15) is 0 Å². The molecule has 0 saturated carbocycles. The number of aromatic nitrogens is 3. The molecule has 0 atom stereocenters. The fourth-order valence-corrected chi connectivity index (χ4v) is 1.58. The Kier molecular flexibility index (Phi) is 3.60. The molecule has 1 heterocycles. The first-order chi connectivity index (χ1) is 8.58. The van der Waals surface area contributed by atoms with Crippen molar-refractivity contribution in [1.82, 2.24) is 15.0 Å². The average Bonchev–Trinajstić information content (AvgIpc) is 2.30. The number of nitrogens with zero attached hydrogens (tertiary/aromatic N) is 4. The van der Waals surface area contributed by atoms with E-state index in [-0.39, 0.29) is 16.6 Å². The van der Waals surface area contributed by atoms with Crippen molar-refractivity contribution in [2.45, 2.75) is 6.92 Å². The van der Waals surface area contributed by atoms with Gasteiger partial charge in [-0.2, -0.15) is 20.2 Å². The molecule has 1 aromatic heterocycles. The third kappa shape index (κ3) is 2.86. The van der Waals surface area contributed by atoms with Gasteiger partial charge in [-0.05, 0) is 47.8 Å². The van der Waals surface area contributed by atoms with Crippen LogP contribution in [0.15, 0.2) is 18.2 Å². The normalized spacial score (nSPS) is 9.89. The second-order valence-electron chi connectivity index (χ2n) is 3.35. The highest BCUT2D eigenvalue weighted by Crippen LogP contribution is 2.24. The standard InChI is InChI=1S/C11H6Cl2N4O/c1-6-2-3-7(5-14)4-8(6)18-11-16-9(12)15-10(13)17-11/h2-4H,1H3. The first-order valence-corrected chi connectivity index (χ1v) is 5.60. The lowest BCUT2D eigenvalue weighted by atomic mass is 10.1. The zero-order valence-electron chi connectivity index (χ0n) is 9.19. The van der Waals surface area contributed by atoms with Gasteiger partial charge in [0, 0.05) is 0 Å². The lowest BCUT2D eigenvalue weighted by Gasteiger charge is -2.07. The molecule has 0 aliphatic heterocycles. The molecule has 0 aliphatic rings. The summed E-state index contributed by atoms with van der Waals surface area (Å²) in [6, 6.07) is 7.04. The van der Waals surface area contributed by atoms with Gasteiger partial charge in [0.2, 0.25) is 10.6 Å². The molecule has 0 spiro atoms. The van der Waals surface area contributed by atoms with Crippen LogP contribution in [0.5, 0.6) is 11.8 Å². The number of aryl methyl sites for hydroxylation is 1. The zero-order valence-corrected chi connectivity index (χ0v) is 10.7. The Labute approximate surface area is 113 Å². The minimum atomic E-state index is -0.0564. The van der Waals surface area contributed by atoms with Crippen LogP contribution in [0.4, 0.5) is 0 Å². The molecule has 1 aromatic carbocycles. The monoisotopic (exact) mass is 280 g/mol. The maximum absolute atomic E-state index is 8.82. The predicted octanol–water partition coefficient (Wildman–Crippen LogP) is 3.15. The number of rotatable bonds is 2. The lowest BCUT2D eigenvalue weighted by Crippen LogP contribution is -1.96. The smallest absolute Gasteiger partial charge is 0.327 e. The number of nitriles is 1. The molecule has 0 unspecified atom stereocenters. The lowest BCUT2D eigenvalue weighted by molar-refractivity contribution is 0.436. The van der Waals surface area contributed by atoms with E-state index >= 15 is 0 Å². The highest BCUT2D eigenvalue weighted by molar-refractivity contribution is 6.31. The van der Waals surface area contributed by atoms with Gasteiger partial charge >= 0.3 is 6.01 Å². The number of benzene rings is 1. The molecule has 90 valence electrons. The van der Waals surface area contributed by atoms with Crippen molar-refractivity contribution in [2.24, 2.45) is 0 Å². The van der Waals surface area contributed by atoms with Crippen LogP contribution in [-0.2, 0) is 0 Å². The maximum atomic E-state index is 8.82. The molecule has 0 amide bonds. The van der Waals surface area contributed by atoms with Gasteiger partial charge in [-0.3, -0.25) is 0 Å². The summed E-state index contributed by atoms with van der Waals surface area (Å²) >= 11 is 11.3. The van der Waals surface area contributed by atoms with Crippen LogP contribution in [0.1, 0.15) is 11.1 Å². The van der Waals surface area contributed by atoms with Crippen molar-refractivity contribution in [3.8, 4) is 17.8 Å². The number of ether oxygens (including phenoxy) is 1. The Balaban J connectivity index is 2.36. The third-order valence-corrected chi connectivity index (χ3v) is 2.42. The van der Waals surface area contributed by atoms with Crippen LogP contribution in [0, 0.1) is 18.3 Å². The van der Waals surface area contributed by atoms with E-state index in [1.54, 1.807) is 18.2 Å². The minimum Gasteiger partial charge on any atom is -0.424 e. The van der Waals surface area contributed by atoms with Crippen LogP contribution in [-0.4, -0.2) is 15.0 Å². The molecule has 0 saturated heterocycles. The van der Waals surface area contributed by atoms with Gasteiger partial charge in [-0.15, -0.1) is 0 Å². The summed E-state index contributed by atoms with van der Waals surface area (Å²) in [6.45, 7) is 1.83. The molecule has 0 aliphatic carbocycles. The van der Waals surface area contributed by atoms with Gasteiger partial charge < -0.3 is 4.74 Å². The Morgan fingerprint density at radius 1 is 1.17 bits per heavy atom. The highest BCUT2D eigenvalue weighted by Gasteiger charge is 2.08. The second-order valence-corrected chi connectivity index (χ2v) is 4.03. The van der Waals surface area contributed by atoms with E-state index < -0.39 is 0 Å². The average molecular weight is 281 g/mol. The highest BCUT2D eigenvalue weighted by atomic mass is 35.5. The predicted molar refractivity (Wildman–Crippen MR) is 65.8 cm³/mol. The van der Waals surface area contributed by atoms with Gasteiger partial charge in [-0.25, -0.2) is 0 Å². The fourth-order valence-electron chi connectivity index (χ4n) is 1.23. The van der Waals surface area contributed by atoms with Gasteiger partial charge in [0.25, 0.3) is 0 Å².